The van der Waals surface area contributed by atoms with E-state index < -0.39 is 0 Å². The molecule has 0 aliphatic heterocycles. The van der Waals surface area contributed by atoms with Crippen LogP contribution in [0, 0.1) is 11.7 Å². The third-order valence-corrected chi connectivity index (χ3v) is 3.47. The molecule has 1 atom stereocenters. The van der Waals surface area contributed by atoms with Crippen LogP contribution in [0.1, 0.15) is 44.7 Å². The summed E-state index contributed by atoms with van der Waals surface area (Å²) in [6.07, 6.45) is 3.52. The first-order valence-corrected chi connectivity index (χ1v) is 6.20. The van der Waals surface area contributed by atoms with E-state index in [0.717, 1.165) is 17.9 Å². The monoisotopic (exact) mass is 221 g/mol. The Morgan fingerprint density at radius 1 is 1.44 bits per heavy atom. The van der Waals surface area contributed by atoms with E-state index in [4.69, 9.17) is 0 Å². The summed E-state index contributed by atoms with van der Waals surface area (Å²) in [6.45, 7) is 4.42. The maximum Gasteiger partial charge on any atom is 0.123 e. The van der Waals surface area contributed by atoms with E-state index in [1.807, 2.05) is 6.07 Å². The Bertz CT molecular complexity index is 344. The largest absolute Gasteiger partial charge is 0.307 e. The van der Waals surface area contributed by atoms with Gasteiger partial charge in [-0.3, -0.25) is 0 Å². The Morgan fingerprint density at radius 3 is 2.75 bits per heavy atom. The average Bonchev–Trinajstić information content (AvgIpc) is 2.22. The van der Waals surface area contributed by atoms with Crippen molar-refractivity contribution in [2.75, 3.05) is 0 Å². The predicted octanol–water partition coefficient (Wildman–Crippen LogP) is 3.66. The summed E-state index contributed by atoms with van der Waals surface area (Å²) in [7, 11) is 0. The van der Waals surface area contributed by atoms with E-state index in [-0.39, 0.29) is 5.82 Å². The van der Waals surface area contributed by atoms with E-state index in [1.54, 1.807) is 12.1 Å². The molecule has 1 nitrogen and oxygen atoms in total. The molecule has 1 aliphatic carbocycles. The van der Waals surface area contributed by atoms with Crippen LogP contribution in [0.5, 0.6) is 0 Å². The summed E-state index contributed by atoms with van der Waals surface area (Å²) in [6, 6.07) is 7.87. The van der Waals surface area contributed by atoms with Crippen LogP contribution in [0.25, 0.3) is 0 Å². The molecule has 1 fully saturated rings. The molecule has 1 saturated carbocycles. The third-order valence-electron chi connectivity index (χ3n) is 3.47. The molecule has 0 bridgehead atoms. The van der Waals surface area contributed by atoms with Crippen LogP contribution < -0.4 is 5.32 Å². The van der Waals surface area contributed by atoms with Gasteiger partial charge in [-0.15, -0.1) is 0 Å². The highest BCUT2D eigenvalue weighted by Crippen LogP contribution is 2.29. The minimum Gasteiger partial charge on any atom is -0.307 e. The Morgan fingerprint density at radius 2 is 2.19 bits per heavy atom. The first-order valence-electron chi connectivity index (χ1n) is 6.20. The van der Waals surface area contributed by atoms with Crippen LogP contribution in [0.4, 0.5) is 4.39 Å². The smallest absolute Gasteiger partial charge is 0.123 e. The average molecular weight is 221 g/mol. The lowest BCUT2D eigenvalue weighted by Gasteiger charge is -2.36. The molecule has 1 N–H and O–H groups in total. The molecular formula is C14H20FN. The summed E-state index contributed by atoms with van der Waals surface area (Å²) in [5.74, 6) is 0.710. The molecule has 0 aromatic heterocycles. The molecule has 16 heavy (non-hydrogen) atoms. The van der Waals surface area contributed by atoms with Crippen molar-refractivity contribution in [2.24, 2.45) is 5.92 Å². The number of rotatable bonds is 4. The molecule has 2 heteroatoms. The second kappa shape index (κ2) is 4.96. The third kappa shape index (κ3) is 2.62. The minimum absolute atomic E-state index is 0.139. The highest BCUT2D eigenvalue weighted by atomic mass is 19.1. The van der Waals surface area contributed by atoms with E-state index >= 15 is 0 Å². The van der Waals surface area contributed by atoms with Gasteiger partial charge in [-0.2, -0.15) is 0 Å². The van der Waals surface area contributed by atoms with E-state index in [9.17, 15) is 4.39 Å². The van der Waals surface area contributed by atoms with Gasteiger partial charge >= 0.3 is 0 Å². The first-order chi connectivity index (χ1) is 7.69. The number of hydrogen-bond acceptors (Lipinski definition) is 1. The molecule has 88 valence electrons. The predicted molar refractivity (Wildman–Crippen MR) is 64.8 cm³/mol. The van der Waals surface area contributed by atoms with Crippen LogP contribution in [0.2, 0.25) is 0 Å². The van der Waals surface area contributed by atoms with Crippen molar-refractivity contribution >= 4 is 0 Å². The Kier molecular flexibility index (Phi) is 3.59. The van der Waals surface area contributed by atoms with Gasteiger partial charge in [0.25, 0.3) is 0 Å². The fraction of sp³-hybridized carbons (Fsp3) is 0.571. The van der Waals surface area contributed by atoms with Crippen molar-refractivity contribution in [1.82, 2.24) is 5.32 Å². The van der Waals surface area contributed by atoms with Gasteiger partial charge < -0.3 is 5.32 Å². The number of nitrogens with one attached hydrogen (secondary N) is 1. The Labute approximate surface area is 97.1 Å². The lowest BCUT2D eigenvalue weighted by atomic mass is 9.81. The van der Waals surface area contributed by atoms with Gasteiger partial charge in [-0.1, -0.05) is 26.0 Å². The minimum atomic E-state index is -0.139. The number of benzene rings is 1. The first kappa shape index (κ1) is 11.6. The summed E-state index contributed by atoms with van der Waals surface area (Å²) < 4.78 is 13.1. The molecule has 1 aromatic rings. The van der Waals surface area contributed by atoms with E-state index in [0.29, 0.717) is 12.1 Å². The highest BCUT2D eigenvalue weighted by molar-refractivity contribution is 5.20. The molecule has 0 amide bonds. The SMILES string of the molecule is CCC(NC1CC(C)C1)c1cccc(F)c1. The van der Waals surface area contributed by atoms with Crippen LogP contribution in [-0.4, -0.2) is 6.04 Å². The zero-order chi connectivity index (χ0) is 11.5. The van der Waals surface area contributed by atoms with Crippen molar-refractivity contribution in [3.63, 3.8) is 0 Å². The fourth-order valence-electron chi connectivity index (χ4n) is 2.50. The van der Waals surface area contributed by atoms with Crippen LogP contribution in [-0.2, 0) is 0 Å². The fourth-order valence-corrected chi connectivity index (χ4v) is 2.50. The van der Waals surface area contributed by atoms with Crippen molar-refractivity contribution in [3.8, 4) is 0 Å². The molecule has 2 rings (SSSR count). The highest BCUT2D eigenvalue weighted by Gasteiger charge is 2.27. The van der Waals surface area contributed by atoms with Gasteiger partial charge in [-0.25, -0.2) is 4.39 Å². The maximum absolute atomic E-state index is 13.1. The van der Waals surface area contributed by atoms with Crippen LogP contribution >= 0.6 is 0 Å². The van der Waals surface area contributed by atoms with Gasteiger partial charge in [-0.05, 0) is 42.9 Å². The van der Waals surface area contributed by atoms with Crippen molar-refractivity contribution in [1.29, 1.82) is 0 Å². The molecular weight excluding hydrogens is 201 g/mol. The molecule has 1 unspecified atom stereocenters. The molecule has 0 saturated heterocycles. The molecule has 0 spiro atoms. The molecule has 0 radical (unpaired) electrons. The summed E-state index contributed by atoms with van der Waals surface area (Å²) >= 11 is 0. The van der Waals surface area contributed by atoms with Gasteiger partial charge in [0, 0.05) is 12.1 Å². The lowest BCUT2D eigenvalue weighted by molar-refractivity contribution is 0.220. The molecule has 1 aliphatic rings. The van der Waals surface area contributed by atoms with Crippen LogP contribution in [0.15, 0.2) is 24.3 Å². The summed E-state index contributed by atoms with van der Waals surface area (Å²) in [5.41, 5.74) is 1.07. The Balaban J connectivity index is 1.99. The van der Waals surface area contributed by atoms with E-state index in [2.05, 4.69) is 19.2 Å². The van der Waals surface area contributed by atoms with Gasteiger partial charge in [0.1, 0.15) is 5.82 Å². The van der Waals surface area contributed by atoms with Gasteiger partial charge in [0.2, 0.25) is 0 Å². The zero-order valence-electron chi connectivity index (χ0n) is 10.0. The number of halogens is 1. The summed E-state index contributed by atoms with van der Waals surface area (Å²) in [4.78, 5) is 0. The van der Waals surface area contributed by atoms with E-state index in [1.165, 1.54) is 18.9 Å². The number of hydrogen-bond donors (Lipinski definition) is 1. The standard InChI is InChI=1S/C14H20FN/c1-3-14(16-13-7-10(2)8-13)11-5-4-6-12(15)9-11/h4-6,9-10,13-14,16H,3,7-8H2,1-2H3. The second-order valence-electron chi connectivity index (χ2n) is 4.96. The summed E-state index contributed by atoms with van der Waals surface area (Å²) in [5, 5.41) is 3.61. The molecule has 1 aromatic carbocycles. The van der Waals surface area contributed by atoms with Crippen molar-refractivity contribution in [2.45, 2.75) is 45.2 Å². The molecule has 0 heterocycles. The second-order valence-corrected chi connectivity index (χ2v) is 4.96. The lowest BCUT2D eigenvalue weighted by Crippen LogP contribution is -2.41. The van der Waals surface area contributed by atoms with Gasteiger partial charge in [0.15, 0.2) is 0 Å². The van der Waals surface area contributed by atoms with Crippen molar-refractivity contribution < 1.29 is 4.39 Å². The normalized spacial score (nSPS) is 26.2. The zero-order valence-corrected chi connectivity index (χ0v) is 10.0. The Hall–Kier alpha value is -0.890. The van der Waals surface area contributed by atoms with Crippen LogP contribution in [0.3, 0.4) is 0 Å². The topological polar surface area (TPSA) is 12.0 Å². The van der Waals surface area contributed by atoms with Gasteiger partial charge in [0.05, 0.1) is 0 Å². The quantitative estimate of drug-likeness (QED) is 0.818. The maximum atomic E-state index is 13.1. The van der Waals surface area contributed by atoms with Crippen molar-refractivity contribution in [3.05, 3.63) is 35.6 Å².